The Morgan fingerprint density at radius 3 is 3.00 bits per heavy atom. The van der Waals surface area contributed by atoms with Gasteiger partial charge in [0.2, 0.25) is 0 Å². The van der Waals surface area contributed by atoms with Gasteiger partial charge < -0.3 is 15.6 Å². The Bertz CT molecular complexity index is 375. The molecule has 0 saturated carbocycles. The molecule has 0 amide bonds. The Kier molecular flexibility index (Phi) is 6.18. The van der Waals surface area contributed by atoms with Gasteiger partial charge in [-0.15, -0.1) is 0 Å². The van der Waals surface area contributed by atoms with Gasteiger partial charge in [0.25, 0.3) is 0 Å². The molecule has 94 valence electrons. The van der Waals surface area contributed by atoms with E-state index < -0.39 is 12.0 Å². The van der Waals surface area contributed by atoms with Gasteiger partial charge in [-0.1, -0.05) is 17.7 Å². The SMILES string of the molecule is N[C@@H](CSCCOc1cccc(Cl)c1)C(=O)O. The van der Waals surface area contributed by atoms with Crippen molar-refractivity contribution in [2.45, 2.75) is 6.04 Å². The highest BCUT2D eigenvalue weighted by Crippen LogP contribution is 2.17. The number of halogens is 1. The van der Waals surface area contributed by atoms with Crippen molar-refractivity contribution in [1.29, 1.82) is 0 Å². The smallest absolute Gasteiger partial charge is 0.321 e. The van der Waals surface area contributed by atoms with E-state index in [4.69, 9.17) is 27.2 Å². The van der Waals surface area contributed by atoms with E-state index in [9.17, 15) is 4.79 Å². The second kappa shape index (κ2) is 7.42. The van der Waals surface area contributed by atoms with Crippen molar-refractivity contribution in [3.63, 3.8) is 0 Å². The van der Waals surface area contributed by atoms with Crippen molar-refractivity contribution in [2.75, 3.05) is 18.1 Å². The lowest BCUT2D eigenvalue weighted by Crippen LogP contribution is -2.32. The molecule has 17 heavy (non-hydrogen) atoms. The Morgan fingerprint density at radius 2 is 2.35 bits per heavy atom. The molecule has 1 aromatic carbocycles. The van der Waals surface area contributed by atoms with Crippen LogP contribution < -0.4 is 10.5 Å². The van der Waals surface area contributed by atoms with Crippen molar-refractivity contribution in [1.82, 2.24) is 0 Å². The summed E-state index contributed by atoms with van der Waals surface area (Å²) >= 11 is 7.24. The molecule has 0 aromatic heterocycles. The van der Waals surface area contributed by atoms with Gasteiger partial charge in [-0.05, 0) is 18.2 Å². The van der Waals surface area contributed by atoms with Gasteiger partial charge in [0.15, 0.2) is 0 Å². The molecule has 0 radical (unpaired) electrons. The van der Waals surface area contributed by atoms with Crippen LogP contribution in [0.3, 0.4) is 0 Å². The zero-order valence-electron chi connectivity index (χ0n) is 9.14. The molecule has 1 aromatic rings. The lowest BCUT2D eigenvalue weighted by atomic mass is 10.3. The molecule has 1 rings (SSSR count). The second-order valence-corrected chi connectivity index (χ2v) is 4.91. The molecular weight excluding hydrogens is 262 g/mol. The van der Waals surface area contributed by atoms with Crippen LogP contribution in [0.25, 0.3) is 0 Å². The predicted molar refractivity (Wildman–Crippen MR) is 69.9 cm³/mol. The van der Waals surface area contributed by atoms with Crippen LogP contribution in [-0.2, 0) is 4.79 Å². The van der Waals surface area contributed by atoms with Crippen LogP contribution in [0, 0.1) is 0 Å². The average Bonchev–Trinajstić information content (AvgIpc) is 2.28. The Hall–Kier alpha value is -0.910. The minimum atomic E-state index is -0.978. The second-order valence-electron chi connectivity index (χ2n) is 3.33. The summed E-state index contributed by atoms with van der Waals surface area (Å²) in [6.45, 7) is 0.497. The summed E-state index contributed by atoms with van der Waals surface area (Å²) in [5.74, 6) is 0.802. The maximum absolute atomic E-state index is 10.4. The molecule has 0 fully saturated rings. The van der Waals surface area contributed by atoms with Gasteiger partial charge in [0.1, 0.15) is 11.8 Å². The molecule has 0 unspecified atom stereocenters. The highest BCUT2D eigenvalue weighted by molar-refractivity contribution is 7.99. The topological polar surface area (TPSA) is 72.5 Å². The third-order valence-corrected chi connectivity index (χ3v) is 3.19. The maximum Gasteiger partial charge on any atom is 0.321 e. The summed E-state index contributed by atoms with van der Waals surface area (Å²) < 4.78 is 5.44. The Morgan fingerprint density at radius 1 is 1.59 bits per heavy atom. The number of hydrogen-bond acceptors (Lipinski definition) is 4. The van der Waals surface area contributed by atoms with Crippen LogP contribution in [0.4, 0.5) is 0 Å². The highest BCUT2D eigenvalue weighted by atomic mass is 35.5. The van der Waals surface area contributed by atoms with E-state index in [2.05, 4.69) is 0 Å². The number of carboxylic acid groups (broad SMARTS) is 1. The normalized spacial score (nSPS) is 12.1. The van der Waals surface area contributed by atoms with Crippen LogP contribution >= 0.6 is 23.4 Å². The molecule has 0 aliphatic heterocycles. The van der Waals surface area contributed by atoms with E-state index in [-0.39, 0.29) is 0 Å². The van der Waals surface area contributed by atoms with E-state index in [0.29, 0.717) is 28.9 Å². The number of benzene rings is 1. The molecule has 0 aliphatic carbocycles. The van der Waals surface area contributed by atoms with Gasteiger partial charge in [-0.3, -0.25) is 4.79 Å². The largest absolute Gasteiger partial charge is 0.493 e. The van der Waals surface area contributed by atoms with E-state index in [0.717, 1.165) is 0 Å². The first-order chi connectivity index (χ1) is 8.09. The fourth-order valence-electron chi connectivity index (χ4n) is 1.06. The number of carbonyl (C=O) groups is 1. The van der Waals surface area contributed by atoms with Gasteiger partial charge in [0, 0.05) is 16.5 Å². The van der Waals surface area contributed by atoms with Crippen LogP contribution in [0.15, 0.2) is 24.3 Å². The van der Waals surface area contributed by atoms with Crippen molar-refractivity contribution in [3.8, 4) is 5.75 Å². The summed E-state index contributed by atoms with van der Waals surface area (Å²) in [7, 11) is 0. The van der Waals surface area contributed by atoms with Crippen molar-refractivity contribution >= 4 is 29.3 Å². The third kappa shape index (κ3) is 5.81. The Labute approximate surface area is 109 Å². The maximum atomic E-state index is 10.4. The van der Waals surface area contributed by atoms with E-state index >= 15 is 0 Å². The minimum Gasteiger partial charge on any atom is -0.493 e. The van der Waals surface area contributed by atoms with Crippen LogP contribution in [0.2, 0.25) is 5.02 Å². The van der Waals surface area contributed by atoms with Gasteiger partial charge in [0.05, 0.1) is 6.61 Å². The first-order valence-electron chi connectivity index (χ1n) is 5.04. The molecule has 0 spiro atoms. The molecular formula is C11H14ClNO3S. The van der Waals surface area contributed by atoms with Crippen molar-refractivity contribution in [3.05, 3.63) is 29.3 Å². The number of rotatable bonds is 7. The monoisotopic (exact) mass is 275 g/mol. The summed E-state index contributed by atoms with van der Waals surface area (Å²) in [5, 5.41) is 9.19. The zero-order chi connectivity index (χ0) is 12.7. The van der Waals surface area contributed by atoms with Crippen LogP contribution in [-0.4, -0.2) is 35.2 Å². The highest BCUT2D eigenvalue weighted by Gasteiger charge is 2.10. The number of aliphatic carboxylic acids is 1. The zero-order valence-corrected chi connectivity index (χ0v) is 10.7. The van der Waals surface area contributed by atoms with E-state index in [1.807, 2.05) is 12.1 Å². The standard InChI is InChI=1S/C11H14ClNO3S/c12-8-2-1-3-9(6-8)16-4-5-17-7-10(13)11(14)15/h1-3,6,10H,4-5,7,13H2,(H,14,15)/t10-/m0/s1. The third-order valence-electron chi connectivity index (χ3n) is 1.91. The quantitative estimate of drug-likeness (QED) is 0.743. The number of nitrogens with two attached hydrogens (primary N) is 1. The lowest BCUT2D eigenvalue weighted by Gasteiger charge is -2.07. The molecule has 0 bridgehead atoms. The van der Waals surface area contributed by atoms with Crippen molar-refractivity contribution in [2.24, 2.45) is 5.73 Å². The summed E-state index contributed by atoms with van der Waals surface area (Å²) in [5.41, 5.74) is 5.35. The average molecular weight is 276 g/mol. The van der Waals surface area contributed by atoms with Crippen molar-refractivity contribution < 1.29 is 14.6 Å². The molecule has 0 aliphatic rings. The summed E-state index contributed by atoms with van der Waals surface area (Å²) in [4.78, 5) is 10.4. The number of thioether (sulfide) groups is 1. The molecule has 6 heteroatoms. The van der Waals surface area contributed by atoms with Gasteiger partial charge >= 0.3 is 5.97 Å². The fourth-order valence-corrected chi connectivity index (χ4v) is 2.00. The number of ether oxygens (including phenoxy) is 1. The number of carboxylic acids is 1. The molecule has 1 atom stereocenters. The molecule has 0 heterocycles. The van der Waals surface area contributed by atoms with E-state index in [1.165, 1.54) is 11.8 Å². The van der Waals surface area contributed by atoms with E-state index in [1.54, 1.807) is 12.1 Å². The van der Waals surface area contributed by atoms with Crippen LogP contribution in [0.5, 0.6) is 5.75 Å². The summed E-state index contributed by atoms with van der Waals surface area (Å²) in [6.07, 6.45) is 0. The number of hydrogen-bond donors (Lipinski definition) is 2. The van der Waals surface area contributed by atoms with Crippen LogP contribution in [0.1, 0.15) is 0 Å². The predicted octanol–water partition coefficient (Wildman–Crippen LogP) is 1.86. The minimum absolute atomic E-state index is 0.383. The lowest BCUT2D eigenvalue weighted by molar-refractivity contribution is -0.137. The summed E-state index contributed by atoms with van der Waals surface area (Å²) in [6, 6.07) is 6.32. The fraction of sp³-hybridized carbons (Fsp3) is 0.364. The molecule has 3 N–H and O–H groups in total. The molecule has 0 saturated heterocycles. The Balaban J connectivity index is 2.14. The van der Waals surface area contributed by atoms with Gasteiger partial charge in [-0.2, -0.15) is 11.8 Å². The first-order valence-corrected chi connectivity index (χ1v) is 6.57. The van der Waals surface area contributed by atoms with Gasteiger partial charge in [-0.25, -0.2) is 0 Å². The first kappa shape index (κ1) is 14.2. The molecule has 4 nitrogen and oxygen atoms in total.